The third-order valence-electron chi connectivity index (χ3n) is 3.39. The lowest BCUT2D eigenvalue weighted by Gasteiger charge is -2.10. The fourth-order valence-corrected chi connectivity index (χ4v) is 4.21. The van der Waals surface area contributed by atoms with Crippen molar-refractivity contribution < 1.29 is 9.59 Å². The van der Waals surface area contributed by atoms with Crippen molar-refractivity contribution in [2.24, 2.45) is 0 Å². The fraction of sp³-hybridized carbons (Fsp3) is 0.231. The van der Waals surface area contributed by atoms with Crippen molar-refractivity contribution in [1.82, 2.24) is 24.8 Å². The molecule has 0 radical (unpaired) electrons. The van der Waals surface area contributed by atoms with Crippen molar-refractivity contribution in [3.05, 3.63) is 24.3 Å². The first-order valence-corrected chi connectivity index (χ1v) is 8.48. The van der Waals surface area contributed by atoms with Gasteiger partial charge in [0.25, 0.3) is 0 Å². The minimum Gasteiger partial charge on any atom is -0.336 e. The van der Waals surface area contributed by atoms with Crippen LogP contribution >= 0.6 is 23.1 Å². The summed E-state index contributed by atoms with van der Waals surface area (Å²) in [5.41, 5.74) is 1.03. The molecular weight excluding hydrogens is 322 g/mol. The molecule has 22 heavy (non-hydrogen) atoms. The van der Waals surface area contributed by atoms with E-state index in [1.54, 1.807) is 11.3 Å². The highest BCUT2D eigenvalue weighted by Gasteiger charge is 2.26. The van der Waals surface area contributed by atoms with E-state index in [1.807, 2.05) is 28.7 Å². The Bertz CT molecular complexity index is 887. The number of carbonyl (C=O) groups excluding carboxylic acids is 2. The number of amides is 3. The Labute approximate surface area is 133 Å². The molecule has 2 aromatic heterocycles. The van der Waals surface area contributed by atoms with E-state index in [2.05, 4.69) is 15.5 Å². The van der Waals surface area contributed by atoms with E-state index in [0.717, 1.165) is 15.2 Å². The predicted molar refractivity (Wildman–Crippen MR) is 84.2 cm³/mol. The lowest BCUT2D eigenvalue weighted by atomic mass is 10.3. The van der Waals surface area contributed by atoms with Crippen molar-refractivity contribution in [3.63, 3.8) is 0 Å². The zero-order valence-electron chi connectivity index (χ0n) is 11.4. The van der Waals surface area contributed by atoms with E-state index >= 15 is 0 Å². The highest BCUT2D eigenvalue weighted by molar-refractivity contribution is 7.99. The smallest absolute Gasteiger partial charge is 0.324 e. The summed E-state index contributed by atoms with van der Waals surface area (Å²) in [5, 5.41) is 11.6. The minimum atomic E-state index is -0.321. The summed E-state index contributed by atoms with van der Waals surface area (Å²) in [4.78, 5) is 25.6. The normalized spacial score (nSPS) is 14.9. The molecule has 1 saturated heterocycles. The lowest BCUT2D eigenvalue weighted by molar-refractivity contribution is -0.124. The number of nitrogens with zero attached hydrogens (tertiary/aromatic N) is 4. The molecule has 7 nitrogen and oxygen atoms in total. The Morgan fingerprint density at radius 2 is 2.23 bits per heavy atom. The molecular formula is C13H11N5O2S2. The van der Waals surface area contributed by atoms with Crippen LogP contribution in [0.2, 0.25) is 0 Å². The monoisotopic (exact) mass is 333 g/mol. The summed E-state index contributed by atoms with van der Waals surface area (Å²) in [6.07, 6.45) is 0. The molecule has 0 atom stereocenters. The predicted octanol–water partition coefficient (Wildman–Crippen LogP) is 1.59. The van der Waals surface area contributed by atoms with Gasteiger partial charge in [-0.25, -0.2) is 4.79 Å². The standard InChI is InChI=1S/C13H11N5O2S2/c19-10(17-6-5-14-11(17)20)7-21-12-15-16-13-18(12)8-3-1-2-4-9(8)22-13/h1-4H,5-7H2,(H,14,20). The minimum absolute atomic E-state index is 0.165. The van der Waals surface area contributed by atoms with Crippen LogP contribution in [0.25, 0.3) is 15.2 Å². The number of benzene rings is 1. The quantitative estimate of drug-likeness (QED) is 0.736. The molecule has 1 aliphatic heterocycles. The van der Waals surface area contributed by atoms with Crippen LogP contribution < -0.4 is 5.32 Å². The summed E-state index contributed by atoms with van der Waals surface area (Å²) in [5.74, 6) is -0.0467. The fourth-order valence-electron chi connectivity index (χ4n) is 2.36. The first-order chi connectivity index (χ1) is 10.7. The number of nitrogens with one attached hydrogen (secondary N) is 1. The number of rotatable bonds is 3. The van der Waals surface area contributed by atoms with Gasteiger partial charge in [0.15, 0.2) is 5.16 Å². The zero-order chi connectivity index (χ0) is 15.1. The van der Waals surface area contributed by atoms with Gasteiger partial charge in [0, 0.05) is 13.1 Å². The maximum Gasteiger partial charge on any atom is 0.324 e. The molecule has 1 aliphatic rings. The Morgan fingerprint density at radius 1 is 1.36 bits per heavy atom. The van der Waals surface area contributed by atoms with Crippen molar-refractivity contribution in [2.45, 2.75) is 5.16 Å². The SMILES string of the molecule is O=C(CSc1nnc2sc3ccccc3n12)N1CCNC1=O. The van der Waals surface area contributed by atoms with Crippen LogP contribution in [0.1, 0.15) is 0 Å². The van der Waals surface area contributed by atoms with Crippen LogP contribution in [0.3, 0.4) is 0 Å². The first kappa shape index (κ1) is 13.5. The van der Waals surface area contributed by atoms with Crippen LogP contribution in [0, 0.1) is 0 Å². The van der Waals surface area contributed by atoms with Gasteiger partial charge in [-0.15, -0.1) is 10.2 Å². The second-order valence-corrected chi connectivity index (χ2v) is 6.69. The van der Waals surface area contributed by atoms with Gasteiger partial charge in [-0.05, 0) is 12.1 Å². The average Bonchev–Trinajstić information content (AvgIpc) is 3.19. The van der Waals surface area contributed by atoms with E-state index in [1.165, 1.54) is 16.7 Å². The van der Waals surface area contributed by atoms with Gasteiger partial charge in [-0.3, -0.25) is 14.1 Å². The summed E-state index contributed by atoms with van der Waals surface area (Å²) in [7, 11) is 0. The van der Waals surface area contributed by atoms with Gasteiger partial charge in [-0.2, -0.15) is 0 Å². The highest BCUT2D eigenvalue weighted by atomic mass is 32.2. The number of hydrogen-bond donors (Lipinski definition) is 1. The Kier molecular flexibility index (Phi) is 3.23. The van der Waals surface area contributed by atoms with E-state index in [4.69, 9.17) is 0 Å². The molecule has 0 bridgehead atoms. The van der Waals surface area contributed by atoms with Gasteiger partial charge >= 0.3 is 6.03 Å². The molecule has 3 aromatic rings. The largest absolute Gasteiger partial charge is 0.336 e. The van der Waals surface area contributed by atoms with Gasteiger partial charge < -0.3 is 5.32 Å². The van der Waals surface area contributed by atoms with Crippen LogP contribution in [0.5, 0.6) is 0 Å². The molecule has 9 heteroatoms. The Morgan fingerprint density at radius 3 is 3.05 bits per heavy atom. The maximum absolute atomic E-state index is 12.1. The third kappa shape index (κ3) is 2.13. The zero-order valence-corrected chi connectivity index (χ0v) is 13.0. The second kappa shape index (κ2) is 5.25. The summed E-state index contributed by atoms with van der Waals surface area (Å²) in [6, 6.07) is 7.65. The first-order valence-electron chi connectivity index (χ1n) is 6.68. The molecule has 4 rings (SSSR count). The number of thiazole rings is 1. The van der Waals surface area contributed by atoms with Gasteiger partial charge in [0.05, 0.1) is 16.0 Å². The topological polar surface area (TPSA) is 79.6 Å². The molecule has 0 saturated carbocycles. The number of imide groups is 1. The van der Waals surface area contributed by atoms with Crippen LogP contribution in [0.15, 0.2) is 29.4 Å². The van der Waals surface area contributed by atoms with Crippen LogP contribution in [-0.4, -0.2) is 50.3 Å². The molecule has 1 fully saturated rings. The highest BCUT2D eigenvalue weighted by Crippen LogP contribution is 2.29. The Hall–Kier alpha value is -2.13. The second-order valence-electron chi connectivity index (χ2n) is 4.74. The molecule has 3 heterocycles. The lowest BCUT2D eigenvalue weighted by Crippen LogP contribution is -2.35. The van der Waals surface area contributed by atoms with Gasteiger partial charge in [0.1, 0.15) is 0 Å². The van der Waals surface area contributed by atoms with Crippen molar-refractivity contribution in [1.29, 1.82) is 0 Å². The van der Waals surface area contributed by atoms with Crippen molar-refractivity contribution >= 4 is 50.2 Å². The van der Waals surface area contributed by atoms with Crippen molar-refractivity contribution in [3.8, 4) is 0 Å². The van der Waals surface area contributed by atoms with E-state index < -0.39 is 0 Å². The molecule has 1 aromatic carbocycles. The number of carbonyl (C=O) groups is 2. The maximum atomic E-state index is 12.1. The number of para-hydroxylation sites is 1. The molecule has 0 spiro atoms. The van der Waals surface area contributed by atoms with Crippen LogP contribution in [-0.2, 0) is 4.79 Å². The Balaban J connectivity index is 1.59. The number of urea groups is 1. The summed E-state index contributed by atoms with van der Waals surface area (Å²) in [6.45, 7) is 0.939. The van der Waals surface area contributed by atoms with Crippen molar-refractivity contribution in [2.75, 3.05) is 18.8 Å². The summed E-state index contributed by atoms with van der Waals surface area (Å²) < 4.78 is 3.07. The summed E-state index contributed by atoms with van der Waals surface area (Å²) >= 11 is 2.86. The van der Waals surface area contributed by atoms with Crippen LogP contribution in [0.4, 0.5) is 4.79 Å². The van der Waals surface area contributed by atoms with Gasteiger partial charge in [-0.1, -0.05) is 35.2 Å². The number of hydrogen-bond acceptors (Lipinski definition) is 6. The molecule has 3 amide bonds. The van der Waals surface area contributed by atoms with E-state index in [9.17, 15) is 9.59 Å². The number of aromatic nitrogens is 3. The number of thioether (sulfide) groups is 1. The van der Waals surface area contributed by atoms with E-state index in [0.29, 0.717) is 18.2 Å². The molecule has 0 aliphatic carbocycles. The molecule has 0 unspecified atom stereocenters. The number of fused-ring (bicyclic) bond motifs is 3. The average molecular weight is 333 g/mol. The molecule has 1 N–H and O–H groups in total. The van der Waals surface area contributed by atoms with Gasteiger partial charge in [0.2, 0.25) is 10.9 Å². The third-order valence-corrected chi connectivity index (χ3v) is 5.32. The molecule has 112 valence electrons. The van der Waals surface area contributed by atoms with E-state index in [-0.39, 0.29) is 17.7 Å².